The van der Waals surface area contributed by atoms with Crippen molar-refractivity contribution in [2.24, 2.45) is 0 Å². The minimum Gasteiger partial charge on any atom is -0.310 e. The fraction of sp³-hybridized carbons (Fsp3) is 0.139. The van der Waals surface area contributed by atoms with E-state index in [-0.39, 0.29) is 60.3 Å². The van der Waals surface area contributed by atoms with Gasteiger partial charge in [0.05, 0.1) is 110 Å². The summed E-state index contributed by atoms with van der Waals surface area (Å²) in [6.45, 7) is 25.9. The monoisotopic (exact) mass is 1630 g/mol. The van der Waals surface area contributed by atoms with E-state index >= 15 is 0 Å². The lowest BCUT2D eigenvalue weighted by Crippen LogP contribution is -2.61. The van der Waals surface area contributed by atoms with E-state index < -0.39 is 89.9 Å². The van der Waals surface area contributed by atoms with Crippen LogP contribution in [0.3, 0.4) is 0 Å². The molecule has 16 aromatic carbocycles. The van der Waals surface area contributed by atoms with Crippen LogP contribution in [0.2, 0.25) is 0 Å². The Morgan fingerprint density at radius 2 is 0.611 bits per heavy atom. The standard InChI is InChI=1S/C115H89BN10/c1-112(2,3)74-38-50-100-89(56-74)90-57-75(113(4,5)6)39-51-101(90)122(100)80-44-47-93-107(62-80)125(104-60-78(42-35-72(104)67-118)120-95-30-20-16-26-83(95)84-27-17-21-31-96(84)120)109-64-82(124-99-49-34-69(66-117)54-88(99)87-46-37-71(55-106(87)124)70-24-14-13-15-25-70)65-110-111(109)116(93)94-48-45-81(123-102-52-40-76(114(7,8)9)58-91(102)92-59-77(115(10,11)12)41-53-103(92)123)63-108(94)126(110)105-61-79(43-36-73(105)68-119)121-97-32-22-18-28-85(97)86-29-19-23-33-98(86)121/h13-65H,1-12H3/i13D,14D,15D,24D,25D,34D,37D,46D,49D,54D,55D. The van der Waals surface area contributed by atoms with Gasteiger partial charge in [0.25, 0.3) is 6.71 Å². The molecule has 0 saturated carbocycles. The molecule has 23 rings (SSSR count). The Labute approximate surface area is 748 Å². The summed E-state index contributed by atoms with van der Waals surface area (Å²) in [5.41, 5.74) is 17.6. The molecule has 21 aromatic rings. The van der Waals surface area contributed by atoms with Crippen LogP contribution in [0.5, 0.6) is 0 Å². The van der Waals surface area contributed by atoms with Gasteiger partial charge in [0, 0.05) is 99.4 Å². The van der Waals surface area contributed by atoms with Crippen LogP contribution in [0.4, 0.5) is 34.1 Å². The lowest BCUT2D eigenvalue weighted by molar-refractivity contribution is 0.590. The lowest BCUT2D eigenvalue weighted by atomic mass is 9.33. The molecule has 11 heteroatoms. The first kappa shape index (κ1) is 64.5. The van der Waals surface area contributed by atoms with Gasteiger partial charge in [-0.1, -0.05) is 235 Å². The molecule has 10 nitrogen and oxygen atoms in total. The molecule has 0 N–H and O–H groups in total. The largest absolute Gasteiger partial charge is 0.310 e. The number of hydrogen-bond donors (Lipinski definition) is 0. The van der Waals surface area contributed by atoms with E-state index in [1.54, 1.807) is 0 Å². The summed E-state index contributed by atoms with van der Waals surface area (Å²) < 4.78 is 119. The van der Waals surface area contributed by atoms with E-state index in [1.165, 1.54) is 4.57 Å². The van der Waals surface area contributed by atoms with Crippen molar-refractivity contribution >= 4 is 166 Å². The molecular formula is C115H89BN10. The number of anilines is 6. The summed E-state index contributed by atoms with van der Waals surface area (Å²) in [6.07, 6.45) is 0. The number of nitriles is 3. The predicted molar refractivity (Wildman–Crippen MR) is 527 cm³/mol. The molecule has 5 aromatic heterocycles. The van der Waals surface area contributed by atoms with Gasteiger partial charge in [-0.15, -0.1) is 0 Å². The Morgan fingerprint density at radius 1 is 0.262 bits per heavy atom. The third-order valence-electron chi connectivity index (χ3n) is 26.3. The zero-order chi connectivity index (χ0) is 95.6. The molecule has 0 radical (unpaired) electrons. The zero-order valence-electron chi connectivity index (χ0n) is 82.8. The molecule has 0 saturated heterocycles. The van der Waals surface area contributed by atoms with Crippen molar-refractivity contribution in [1.82, 2.24) is 22.8 Å². The van der Waals surface area contributed by atoms with Gasteiger partial charge in [-0.05, 0) is 241 Å². The van der Waals surface area contributed by atoms with E-state index in [9.17, 15) is 26.8 Å². The minimum atomic E-state index is -0.800. The molecule has 0 bridgehead atoms. The van der Waals surface area contributed by atoms with Crippen molar-refractivity contribution in [1.29, 1.82) is 15.8 Å². The van der Waals surface area contributed by atoms with E-state index in [1.807, 2.05) is 103 Å². The smallest absolute Gasteiger partial charge is 0.252 e. The fourth-order valence-electron chi connectivity index (χ4n) is 20.0. The SMILES string of the molecule is [2H]c1c([2H])c([2H])c(-c2c([2H])c([2H])c3c4c([2H])c(C#N)c([2H])c([2H])c4n(-c4cc5c6c(c4)N(c4cc(-n7c8ccccc8c8ccccc87)ccc4C#N)c4cc(-n7c8ccc(C(C)(C)C)cc8c8cc(C(C)(C)C)ccc87)ccc4B6c4ccc(-n6c7ccc(C(C)(C)C)cc7c7cc(C(C)(C)C)ccc76)cc4N5c4cc(-n5c6ccccc6c6ccccc65)ccc4C#N)c3c2[2H])c([2H])c1[2H]. The molecule has 0 atom stereocenters. The van der Waals surface area contributed by atoms with Gasteiger partial charge < -0.3 is 32.6 Å². The van der Waals surface area contributed by atoms with Crippen LogP contribution in [-0.4, -0.2) is 29.5 Å². The first-order valence-electron chi connectivity index (χ1n) is 48.4. The second-order valence-electron chi connectivity index (χ2n) is 37.8. The summed E-state index contributed by atoms with van der Waals surface area (Å²) in [7, 11) is 0. The third-order valence-corrected chi connectivity index (χ3v) is 26.3. The Bertz CT molecular complexity index is 8510. The molecule has 602 valence electrons. The molecule has 0 spiro atoms. The summed E-state index contributed by atoms with van der Waals surface area (Å²) >= 11 is 0. The van der Waals surface area contributed by atoms with Gasteiger partial charge in [0.1, 0.15) is 12.1 Å². The highest BCUT2D eigenvalue weighted by molar-refractivity contribution is 7.00. The molecule has 2 aliphatic heterocycles. The van der Waals surface area contributed by atoms with E-state index in [4.69, 9.17) is 4.11 Å². The second kappa shape index (κ2) is 27.3. The zero-order valence-corrected chi connectivity index (χ0v) is 71.8. The van der Waals surface area contributed by atoms with Crippen molar-refractivity contribution in [2.45, 2.75) is 105 Å². The maximum Gasteiger partial charge on any atom is 0.252 e. The van der Waals surface area contributed by atoms with Crippen molar-refractivity contribution in [3.63, 3.8) is 0 Å². The normalized spacial score (nSPS) is 14.2. The van der Waals surface area contributed by atoms with Crippen LogP contribution in [-0.2, 0) is 21.7 Å². The molecule has 0 aliphatic carbocycles. The van der Waals surface area contributed by atoms with Crippen LogP contribution < -0.4 is 26.2 Å². The van der Waals surface area contributed by atoms with Crippen LogP contribution in [0.1, 0.15) is 137 Å². The molecule has 126 heavy (non-hydrogen) atoms. The number of benzene rings is 16. The number of hydrogen-bond acceptors (Lipinski definition) is 5. The molecule has 7 heterocycles. The molecule has 0 amide bonds. The maximum absolute atomic E-state index is 12.4. The van der Waals surface area contributed by atoms with Gasteiger partial charge >= 0.3 is 0 Å². The van der Waals surface area contributed by atoms with Gasteiger partial charge in [-0.3, -0.25) is 0 Å². The van der Waals surface area contributed by atoms with E-state index in [0.29, 0.717) is 51.0 Å². The number of nitrogens with zero attached hydrogens (tertiary/aromatic N) is 10. The summed E-state index contributed by atoms with van der Waals surface area (Å²) in [4.78, 5) is 4.24. The van der Waals surface area contributed by atoms with Crippen molar-refractivity contribution < 1.29 is 15.1 Å². The predicted octanol–water partition coefficient (Wildman–Crippen LogP) is 27.7. The third kappa shape index (κ3) is 11.4. The van der Waals surface area contributed by atoms with Crippen molar-refractivity contribution in [3.8, 4) is 57.8 Å². The number of fused-ring (bicyclic) bond motifs is 19. The first-order chi connectivity index (χ1) is 65.5. The Morgan fingerprint density at radius 3 is 0.984 bits per heavy atom. The fourth-order valence-corrected chi connectivity index (χ4v) is 20.0. The number of rotatable bonds is 8. The summed E-state index contributed by atoms with van der Waals surface area (Å²) in [5.74, 6) is 0. The van der Waals surface area contributed by atoms with E-state index in [2.05, 4.69) is 281 Å². The Kier molecular flexibility index (Phi) is 14.0. The van der Waals surface area contributed by atoms with Gasteiger partial charge in [-0.25, -0.2) is 0 Å². The molecule has 0 unspecified atom stereocenters. The van der Waals surface area contributed by atoms with Crippen LogP contribution in [0, 0.1) is 34.0 Å². The first-order valence-corrected chi connectivity index (χ1v) is 42.9. The minimum absolute atomic E-state index is 0.105. The average Bonchev–Trinajstić information content (AvgIpc) is 1.28. The van der Waals surface area contributed by atoms with Crippen molar-refractivity contribution in [2.75, 3.05) is 9.80 Å². The number of para-hydroxylation sites is 4. The number of aromatic nitrogens is 5. The van der Waals surface area contributed by atoms with Crippen molar-refractivity contribution in [3.05, 3.63) is 360 Å². The van der Waals surface area contributed by atoms with Gasteiger partial charge in [0.15, 0.2) is 0 Å². The summed E-state index contributed by atoms with van der Waals surface area (Å²) in [5, 5.41) is 43.8. The molecule has 0 fully saturated rings. The Hall–Kier alpha value is -15.3. The highest BCUT2D eigenvalue weighted by Gasteiger charge is 2.46. The maximum atomic E-state index is 12.4. The van der Waals surface area contributed by atoms with E-state index in [0.717, 1.165) is 132 Å². The van der Waals surface area contributed by atoms with Gasteiger partial charge in [0.2, 0.25) is 0 Å². The highest BCUT2D eigenvalue weighted by Crippen LogP contribution is 2.52. The van der Waals surface area contributed by atoms with Gasteiger partial charge in [-0.2, -0.15) is 15.8 Å². The topological polar surface area (TPSA) is 102 Å². The average molecular weight is 1630 g/mol. The quantitative estimate of drug-likeness (QED) is 0.141. The van der Waals surface area contributed by atoms with Crippen LogP contribution >= 0.6 is 0 Å². The summed E-state index contributed by atoms with van der Waals surface area (Å²) in [6, 6.07) is 88.4. The van der Waals surface area contributed by atoms with Crippen LogP contribution in [0.25, 0.3) is 149 Å². The molecular weight excluding hydrogens is 1530 g/mol. The van der Waals surface area contributed by atoms with Crippen LogP contribution in [0.15, 0.2) is 321 Å². The lowest BCUT2D eigenvalue weighted by Gasteiger charge is -2.45. The molecule has 2 aliphatic rings. The second-order valence-corrected chi connectivity index (χ2v) is 37.8. The Balaban J connectivity index is 0.930. The highest BCUT2D eigenvalue weighted by atomic mass is 15.2.